The number of nitrogens with zero attached hydrogens (tertiary/aromatic N) is 3. The highest BCUT2D eigenvalue weighted by atomic mass is 32.1. The summed E-state index contributed by atoms with van der Waals surface area (Å²) in [5, 5.41) is 3.20. The first kappa shape index (κ1) is 18.3. The van der Waals surface area contributed by atoms with Crippen LogP contribution in [0.2, 0.25) is 0 Å². The van der Waals surface area contributed by atoms with Crippen LogP contribution in [-0.4, -0.2) is 71.8 Å². The molecule has 1 aromatic heterocycles. The van der Waals surface area contributed by atoms with Crippen molar-refractivity contribution in [2.45, 2.75) is 56.3 Å². The Hall–Kier alpha value is -1.02. The maximum Gasteiger partial charge on any atom is 0.225 e. The van der Waals surface area contributed by atoms with Gasteiger partial charge in [0.15, 0.2) is 0 Å². The Labute approximate surface area is 159 Å². The Balaban J connectivity index is 1.30. The molecule has 26 heavy (non-hydrogen) atoms. The Morgan fingerprint density at radius 3 is 2.73 bits per heavy atom. The molecule has 1 amide bonds. The van der Waals surface area contributed by atoms with Crippen LogP contribution in [0.1, 0.15) is 43.5 Å². The van der Waals surface area contributed by atoms with Crippen molar-refractivity contribution in [2.24, 2.45) is 0 Å². The molecule has 0 unspecified atom stereocenters. The van der Waals surface area contributed by atoms with E-state index in [0.717, 1.165) is 65.0 Å². The van der Waals surface area contributed by atoms with Crippen molar-refractivity contribution in [3.63, 3.8) is 0 Å². The largest absolute Gasteiger partial charge is 0.378 e. The van der Waals surface area contributed by atoms with Crippen molar-refractivity contribution in [3.8, 4) is 0 Å². The number of amides is 1. The predicted octanol–water partition coefficient (Wildman–Crippen LogP) is 2.30. The van der Waals surface area contributed by atoms with Crippen molar-refractivity contribution >= 4 is 17.2 Å². The van der Waals surface area contributed by atoms with Crippen LogP contribution in [0.3, 0.4) is 0 Å². The average molecular weight is 380 g/mol. The van der Waals surface area contributed by atoms with Crippen LogP contribution >= 0.6 is 11.3 Å². The Bertz CT molecular complexity index is 604. The molecule has 2 saturated heterocycles. The van der Waals surface area contributed by atoms with E-state index in [1.54, 1.807) is 18.4 Å². The van der Waals surface area contributed by atoms with Gasteiger partial charge in [-0.3, -0.25) is 9.69 Å². The summed E-state index contributed by atoms with van der Waals surface area (Å²) in [7, 11) is 1.74. The molecule has 1 aliphatic carbocycles. The second kappa shape index (κ2) is 7.54. The Morgan fingerprint density at radius 2 is 2.12 bits per heavy atom. The third-order valence-corrected chi connectivity index (χ3v) is 7.13. The van der Waals surface area contributed by atoms with E-state index in [4.69, 9.17) is 9.47 Å². The zero-order valence-electron chi connectivity index (χ0n) is 15.6. The molecule has 7 heteroatoms. The number of hydrogen-bond donors (Lipinski definition) is 0. The predicted molar refractivity (Wildman–Crippen MR) is 100 cm³/mol. The zero-order chi connectivity index (χ0) is 18.0. The summed E-state index contributed by atoms with van der Waals surface area (Å²) in [6.45, 7) is 5.16. The number of aromatic nitrogens is 1. The molecule has 0 atom stereocenters. The number of likely N-dealkylation sites (tertiary alicyclic amines) is 1. The van der Waals surface area contributed by atoms with Crippen LogP contribution in [-0.2, 0) is 20.8 Å². The summed E-state index contributed by atoms with van der Waals surface area (Å²) in [6.07, 6.45) is 7.46. The summed E-state index contributed by atoms with van der Waals surface area (Å²) in [4.78, 5) is 21.6. The number of rotatable bonds is 5. The third-order valence-electron chi connectivity index (χ3n) is 6.37. The van der Waals surface area contributed by atoms with Crippen LogP contribution in [0.15, 0.2) is 11.6 Å². The maximum atomic E-state index is 12.7. The minimum atomic E-state index is -0.182. The third kappa shape index (κ3) is 3.81. The van der Waals surface area contributed by atoms with E-state index in [-0.39, 0.29) is 17.1 Å². The highest BCUT2D eigenvalue weighted by Crippen LogP contribution is 2.39. The first-order valence-electron chi connectivity index (χ1n) is 9.70. The molecule has 4 rings (SSSR count). The van der Waals surface area contributed by atoms with Gasteiger partial charge in [0.25, 0.3) is 0 Å². The monoisotopic (exact) mass is 379 g/mol. The molecule has 1 aromatic rings. The highest BCUT2D eigenvalue weighted by Gasteiger charge is 2.43. The molecule has 1 spiro atoms. The van der Waals surface area contributed by atoms with Crippen molar-refractivity contribution in [1.29, 1.82) is 0 Å². The summed E-state index contributed by atoms with van der Waals surface area (Å²) in [5.74, 6) is 0.247. The first-order valence-corrected chi connectivity index (χ1v) is 10.6. The lowest BCUT2D eigenvalue weighted by Crippen LogP contribution is -2.57. The number of methoxy groups -OCH3 is 1. The molecule has 3 aliphatic rings. The number of carbonyl (C=O) groups is 1. The van der Waals surface area contributed by atoms with Gasteiger partial charge in [-0.1, -0.05) is 0 Å². The van der Waals surface area contributed by atoms with Crippen LogP contribution < -0.4 is 0 Å². The topological polar surface area (TPSA) is 54.9 Å². The molecule has 1 saturated carbocycles. The van der Waals surface area contributed by atoms with E-state index in [9.17, 15) is 4.79 Å². The number of piperidine rings is 1. The fraction of sp³-hybridized carbons (Fsp3) is 0.789. The number of morpholine rings is 1. The van der Waals surface area contributed by atoms with E-state index >= 15 is 0 Å². The highest BCUT2D eigenvalue weighted by molar-refractivity contribution is 7.09. The molecule has 6 nitrogen and oxygen atoms in total. The number of ether oxygens (including phenoxy) is 2. The summed E-state index contributed by atoms with van der Waals surface area (Å²) >= 11 is 1.71. The molecule has 144 valence electrons. The molecule has 3 heterocycles. The minimum absolute atomic E-state index is 0.0955. The average Bonchev–Trinajstić information content (AvgIpc) is 3.12. The molecular formula is C19H29N3O3S. The summed E-state index contributed by atoms with van der Waals surface area (Å²) in [5.41, 5.74) is -0.278. The van der Waals surface area contributed by atoms with Gasteiger partial charge in [0.2, 0.25) is 5.91 Å². The Kier molecular flexibility index (Phi) is 5.32. The molecule has 0 N–H and O–H groups in total. The van der Waals surface area contributed by atoms with Gasteiger partial charge in [0.1, 0.15) is 5.01 Å². The molecule has 0 aromatic carbocycles. The lowest BCUT2D eigenvalue weighted by Gasteiger charge is -2.48. The van der Waals surface area contributed by atoms with Gasteiger partial charge in [-0.25, -0.2) is 4.98 Å². The van der Waals surface area contributed by atoms with Crippen LogP contribution in [0.5, 0.6) is 0 Å². The van der Waals surface area contributed by atoms with Gasteiger partial charge in [-0.15, -0.1) is 11.3 Å². The summed E-state index contributed by atoms with van der Waals surface area (Å²) in [6, 6.07) is 0. The van der Waals surface area contributed by atoms with Gasteiger partial charge in [-0.2, -0.15) is 0 Å². The normalized spacial score (nSPS) is 25.2. The fourth-order valence-electron chi connectivity index (χ4n) is 4.46. The zero-order valence-corrected chi connectivity index (χ0v) is 16.4. The lowest BCUT2D eigenvalue weighted by molar-refractivity contribution is -0.158. The standard InChI is InChI=1S/C19H29N3O3S/c1-24-18(3-2-4-18)13-17(23)22-8-5-19(6-9-22)15-21(10-11-25-19)14-16-20-7-12-26-16/h7,12H,2-6,8-11,13-15H2,1H3. The van der Waals surface area contributed by atoms with Gasteiger partial charge >= 0.3 is 0 Å². The van der Waals surface area contributed by atoms with E-state index in [1.807, 2.05) is 16.5 Å². The fourth-order valence-corrected chi connectivity index (χ4v) is 5.12. The minimum Gasteiger partial charge on any atom is -0.378 e. The molecule has 2 aliphatic heterocycles. The SMILES string of the molecule is COC1(CC(=O)N2CCC3(CC2)CN(Cc2nccs2)CCO3)CCC1. The Morgan fingerprint density at radius 1 is 1.31 bits per heavy atom. The second-order valence-electron chi connectivity index (χ2n) is 7.97. The molecule has 0 bridgehead atoms. The van der Waals surface area contributed by atoms with Crippen molar-refractivity contribution in [2.75, 3.05) is 39.9 Å². The van der Waals surface area contributed by atoms with E-state index in [0.29, 0.717) is 6.42 Å². The first-order chi connectivity index (χ1) is 12.6. The summed E-state index contributed by atoms with van der Waals surface area (Å²) < 4.78 is 11.8. The molecule has 3 fully saturated rings. The van der Waals surface area contributed by atoms with E-state index in [2.05, 4.69) is 9.88 Å². The van der Waals surface area contributed by atoms with Crippen LogP contribution in [0.4, 0.5) is 0 Å². The number of carbonyl (C=O) groups excluding carboxylic acids is 1. The van der Waals surface area contributed by atoms with Gasteiger partial charge in [-0.05, 0) is 32.1 Å². The second-order valence-corrected chi connectivity index (χ2v) is 8.95. The smallest absolute Gasteiger partial charge is 0.225 e. The molecular weight excluding hydrogens is 350 g/mol. The van der Waals surface area contributed by atoms with Gasteiger partial charge in [0, 0.05) is 44.9 Å². The van der Waals surface area contributed by atoms with E-state index in [1.165, 1.54) is 11.4 Å². The lowest BCUT2D eigenvalue weighted by atomic mass is 9.77. The van der Waals surface area contributed by atoms with Gasteiger partial charge in [0.05, 0.1) is 30.8 Å². The quantitative estimate of drug-likeness (QED) is 0.786. The van der Waals surface area contributed by atoms with Crippen LogP contribution in [0, 0.1) is 0 Å². The van der Waals surface area contributed by atoms with Crippen molar-refractivity contribution < 1.29 is 14.3 Å². The van der Waals surface area contributed by atoms with E-state index < -0.39 is 0 Å². The van der Waals surface area contributed by atoms with Crippen molar-refractivity contribution in [1.82, 2.24) is 14.8 Å². The van der Waals surface area contributed by atoms with Gasteiger partial charge < -0.3 is 14.4 Å². The molecule has 0 radical (unpaired) electrons. The van der Waals surface area contributed by atoms with Crippen LogP contribution in [0.25, 0.3) is 0 Å². The number of thiazole rings is 1. The number of hydrogen-bond acceptors (Lipinski definition) is 6. The maximum absolute atomic E-state index is 12.7. The van der Waals surface area contributed by atoms with Crippen molar-refractivity contribution in [3.05, 3.63) is 16.6 Å².